The molecule has 1 aliphatic carbocycles. The molecule has 0 aromatic heterocycles. The van der Waals surface area contributed by atoms with Crippen molar-refractivity contribution in [3.8, 4) is 35.5 Å². The van der Waals surface area contributed by atoms with Gasteiger partial charge >= 0.3 is 0 Å². The van der Waals surface area contributed by atoms with Gasteiger partial charge in [-0.15, -0.1) is 0 Å². The molecule has 0 aliphatic heterocycles. The van der Waals surface area contributed by atoms with Crippen LogP contribution in [-0.4, -0.2) is 6.04 Å². The minimum Gasteiger partial charge on any atom is -0.334 e. The Balaban J connectivity index is 0.995. The fraction of sp³-hybridized carbons (Fsp3) is 0.319. The van der Waals surface area contributed by atoms with E-state index in [1.807, 2.05) is 0 Å². The van der Waals surface area contributed by atoms with Gasteiger partial charge in [0, 0.05) is 78.9 Å². The fourth-order valence-corrected chi connectivity index (χ4v) is 12.6. The summed E-state index contributed by atoms with van der Waals surface area (Å²) in [5, 5.41) is 0. The predicted molar refractivity (Wildman–Crippen MR) is 419 cm³/mol. The van der Waals surface area contributed by atoms with Gasteiger partial charge in [0.05, 0.1) is 6.04 Å². The van der Waals surface area contributed by atoms with E-state index in [9.17, 15) is 0 Å². The Labute approximate surface area is 584 Å². The van der Waals surface area contributed by atoms with Crippen LogP contribution in [0.5, 0.6) is 0 Å². The molecule has 0 radical (unpaired) electrons. The number of hydrogen-bond donors (Lipinski definition) is 0. The maximum absolute atomic E-state index is 3.56. The van der Waals surface area contributed by atoms with Crippen molar-refractivity contribution < 1.29 is 0 Å². The second kappa shape index (κ2) is 29.1. The van der Waals surface area contributed by atoms with Crippen molar-refractivity contribution in [2.75, 3.05) is 14.7 Å². The van der Waals surface area contributed by atoms with E-state index in [-0.39, 0.29) is 38.5 Å². The molecule has 0 fully saturated rings. The standard InChI is InChI=1S/C94H103N3/c1-19-92(14,15)77-41-59-86(60-42-77)95(83-53-35-74(36-54-83)89(5,6)7)80-47-29-68(30-48-80)23-26-71-65-72(27-24-69-31-49-81(50-32-69)96(84-55-37-75(38-56-84)90(8,9)10)87-61-43-78(44-62-87)93(16,17)20-2)67-73(66-71)28-25-70-33-51-82(52-34-70)97(85-57-39-76(40-58-85)91(11,12)13)88-63-45-79(46-64-88)94(18,21-3)22-4/h29-55,57-67,84H,19-22,56H2,1-18H3. The Bertz CT molecular complexity index is 4420. The monoisotopic (exact) mass is 1270 g/mol. The third-order valence-corrected chi connectivity index (χ3v) is 20.6. The number of benzene rings is 9. The molecule has 9 aromatic carbocycles. The zero-order chi connectivity index (χ0) is 69.5. The lowest BCUT2D eigenvalue weighted by atomic mass is 9.78. The molecule has 1 aliphatic rings. The normalized spacial score (nSPS) is 13.5. The van der Waals surface area contributed by atoms with Crippen LogP contribution in [0.4, 0.5) is 45.5 Å². The zero-order valence-corrected chi connectivity index (χ0v) is 61.4. The highest BCUT2D eigenvalue weighted by Gasteiger charge is 2.27. The summed E-state index contributed by atoms with van der Waals surface area (Å²) in [5.74, 6) is 21.3. The largest absolute Gasteiger partial charge is 0.334 e. The van der Waals surface area contributed by atoms with E-state index in [1.165, 1.54) is 39.1 Å². The highest BCUT2D eigenvalue weighted by Crippen LogP contribution is 2.42. The maximum Gasteiger partial charge on any atom is 0.0560 e. The smallest absolute Gasteiger partial charge is 0.0560 e. The van der Waals surface area contributed by atoms with Gasteiger partial charge in [0.2, 0.25) is 0 Å². The highest BCUT2D eigenvalue weighted by atomic mass is 15.2. The quantitative estimate of drug-likeness (QED) is 0.0893. The SMILES string of the molecule is CCC(C)(C)c1ccc(N(c2ccc(C#Cc3cc(C#Cc4ccc(N(c5ccc(C(C)(C)C)cc5)c5ccc(C(C)(CC)CC)cc5)cc4)cc(C#Cc4ccc(N(c5ccc(C(C)(C)CC)cc5)C5C=CC(C(C)(C)C)=CC5)cc4)c3)cc2)c2ccc(C(C)(C)C)cc2)cc1. The Morgan fingerprint density at radius 2 is 0.567 bits per heavy atom. The highest BCUT2D eigenvalue weighted by molar-refractivity contribution is 5.79. The molecule has 1 unspecified atom stereocenters. The van der Waals surface area contributed by atoms with Gasteiger partial charge in [-0.2, -0.15) is 0 Å². The van der Waals surface area contributed by atoms with Crippen LogP contribution < -0.4 is 14.7 Å². The second-order valence-electron chi connectivity index (χ2n) is 31.3. The van der Waals surface area contributed by atoms with E-state index >= 15 is 0 Å². The summed E-state index contributed by atoms with van der Waals surface area (Å²) in [6.07, 6.45) is 12.4. The van der Waals surface area contributed by atoms with Crippen molar-refractivity contribution in [2.24, 2.45) is 5.41 Å². The van der Waals surface area contributed by atoms with Gasteiger partial charge in [0.25, 0.3) is 0 Å². The summed E-state index contributed by atoms with van der Waals surface area (Å²) in [6, 6.07) is 78.0. The summed E-state index contributed by atoms with van der Waals surface area (Å²) in [5.41, 5.74) is 22.7. The van der Waals surface area contributed by atoms with Crippen LogP contribution in [0.3, 0.4) is 0 Å². The molecular formula is C94H103N3. The lowest BCUT2D eigenvalue weighted by Gasteiger charge is -2.35. The van der Waals surface area contributed by atoms with Crippen molar-refractivity contribution in [3.63, 3.8) is 0 Å². The van der Waals surface area contributed by atoms with Crippen LogP contribution >= 0.6 is 0 Å². The molecule has 0 bridgehead atoms. The van der Waals surface area contributed by atoms with Crippen molar-refractivity contribution in [3.05, 3.63) is 297 Å². The minimum absolute atomic E-state index is 0.0449. The zero-order valence-electron chi connectivity index (χ0n) is 61.4. The first-order chi connectivity index (χ1) is 46.1. The Hall–Kier alpha value is -9.46. The van der Waals surface area contributed by atoms with E-state index in [0.29, 0.717) is 0 Å². The van der Waals surface area contributed by atoms with E-state index < -0.39 is 0 Å². The third kappa shape index (κ3) is 16.9. The number of rotatable bonds is 16. The molecule has 0 amide bonds. The molecule has 0 saturated carbocycles. The Morgan fingerprint density at radius 1 is 0.299 bits per heavy atom. The molecule has 9 aromatic rings. The topological polar surface area (TPSA) is 9.72 Å². The summed E-state index contributed by atoms with van der Waals surface area (Å²) in [6.45, 7) is 41.2. The van der Waals surface area contributed by atoms with Crippen LogP contribution in [0, 0.1) is 40.9 Å². The van der Waals surface area contributed by atoms with Gasteiger partial charge in [-0.1, -0.05) is 239 Å². The molecule has 1 atom stereocenters. The molecule has 97 heavy (non-hydrogen) atoms. The number of anilines is 8. The van der Waals surface area contributed by atoms with E-state index in [2.05, 4.69) is 405 Å². The van der Waals surface area contributed by atoms with Gasteiger partial charge in [-0.05, 0) is 250 Å². The molecule has 0 spiro atoms. The average Bonchev–Trinajstić information content (AvgIpc) is 0.829. The summed E-state index contributed by atoms with van der Waals surface area (Å²) >= 11 is 0. The lowest BCUT2D eigenvalue weighted by Crippen LogP contribution is -2.31. The molecule has 0 saturated heterocycles. The van der Waals surface area contributed by atoms with Gasteiger partial charge in [-0.25, -0.2) is 0 Å². The fourth-order valence-electron chi connectivity index (χ4n) is 12.6. The first-order valence-corrected chi connectivity index (χ1v) is 35.4. The first kappa shape index (κ1) is 70.3. The van der Waals surface area contributed by atoms with Gasteiger partial charge in [-0.3, -0.25) is 0 Å². The molecule has 10 rings (SSSR count). The first-order valence-electron chi connectivity index (χ1n) is 35.4. The Morgan fingerprint density at radius 3 is 0.835 bits per heavy atom. The van der Waals surface area contributed by atoms with E-state index in [0.717, 1.165) is 105 Å². The van der Waals surface area contributed by atoms with Crippen LogP contribution in [0.25, 0.3) is 0 Å². The number of allylic oxidation sites excluding steroid dienone is 2. The molecular weight excluding hydrogens is 1170 g/mol. The second-order valence-corrected chi connectivity index (χ2v) is 31.3. The van der Waals surface area contributed by atoms with Crippen LogP contribution in [0.15, 0.2) is 236 Å². The number of hydrogen-bond acceptors (Lipinski definition) is 3. The molecule has 3 heteroatoms. The van der Waals surface area contributed by atoms with Crippen molar-refractivity contribution >= 4 is 45.5 Å². The lowest BCUT2D eigenvalue weighted by molar-refractivity contribution is 0.439. The predicted octanol–water partition coefficient (Wildman–Crippen LogP) is 25.3. The van der Waals surface area contributed by atoms with E-state index in [4.69, 9.17) is 0 Å². The summed E-state index contributed by atoms with van der Waals surface area (Å²) < 4.78 is 0. The van der Waals surface area contributed by atoms with Crippen molar-refractivity contribution in [2.45, 2.75) is 190 Å². The van der Waals surface area contributed by atoms with Gasteiger partial charge < -0.3 is 14.7 Å². The molecule has 0 N–H and O–H groups in total. The maximum atomic E-state index is 3.56. The Kier molecular flexibility index (Phi) is 21.1. The molecule has 0 heterocycles. The number of nitrogens with zero attached hydrogens (tertiary/aromatic N) is 3. The van der Waals surface area contributed by atoms with Crippen molar-refractivity contribution in [1.29, 1.82) is 0 Å². The molecule has 3 nitrogen and oxygen atoms in total. The van der Waals surface area contributed by atoms with Crippen LogP contribution in [0.2, 0.25) is 0 Å². The summed E-state index contributed by atoms with van der Waals surface area (Å²) in [7, 11) is 0. The summed E-state index contributed by atoms with van der Waals surface area (Å²) in [4.78, 5) is 7.16. The van der Waals surface area contributed by atoms with Gasteiger partial charge in [0.1, 0.15) is 0 Å². The van der Waals surface area contributed by atoms with E-state index in [1.54, 1.807) is 0 Å². The molecule has 494 valence electrons. The van der Waals surface area contributed by atoms with Crippen LogP contribution in [-0.2, 0) is 27.1 Å². The average molecular weight is 1270 g/mol. The van der Waals surface area contributed by atoms with Gasteiger partial charge in [0.15, 0.2) is 0 Å². The minimum atomic E-state index is 0.0449. The van der Waals surface area contributed by atoms with Crippen molar-refractivity contribution in [1.82, 2.24) is 0 Å². The third-order valence-electron chi connectivity index (χ3n) is 20.6. The van der Waals surface area contributed by atoms with Crippen LogP contribution in [0.1, 0.15) is 218 Å².